The van der Waals surface area contributed by atoms with Gasteiger partial charge in [-0.05, 0) is 39.0 Å². The minimum atomic E-state index is -0.0891. The third-order valence-electron chi connectivity index (χ3n) is 4.94. The molecule has 17 heavy (non-hydrogen) atoms. The second-order valence-electron chi connectivity index (χ2n) is 6.33. The SMILES string of the molecule is C#CCN(OC(C)(C)C12CC(C1)C2)C1COC1. The highest BCUT2D eigenvalue weighted by atomic mass is 16.7. The van der Waals surface area contributed by atoms with Crippen LogP contribution in [0.3, 0.4) is 0 Å². The molecule has 0 amide bonds. The molecule has 1 saturated heterocycles. The van der Waals surface area contributed by atoms with Crippen molar-refractivity contribution in [3.8, 4) is 12.3 Å². The van der Waals surface area contributed by atoms with Gasteiger partial charge in [-0.15, -0.1) is 6.42 Å². The molecule has 4 aliphatic rings. The zero-order chi connectivity index (χ0) is 12.1. The van der Waals surface area contributed by atoms with Crippen molar-refractivity contribution in [2.24, 2.45) is 11.3 Å². The van der Waals surface area contributed by atoms with E-state index in [1.165, 1.54) is 19.3 Å². The lowest BCUT2D eigenvalue weighted by Gasteiger charge is -2.68. The quantitative estimate of drug-likeness (QED) is 0.536. The van der Waals surface area contributed by atoms with E-state index in [1.807, 2.05) is 5.06 Å². The van der Waals surface area contributed by atoms with Crippen molar-refractivity contribution in [2.45, 2.75) is 44.8 Å². The summed E-state index contributed by atoms with van der Waals surface area (Å²) >= 11 is 0. The van der Waals surface area contributed by atoms with Crippen LogP contribution in [0, 0.1) is 23.7 Å². The number of hydrogen-bond donors (Lipinski definition) is 0. The summed E-state index contributed by atoms with van der Waals surface area (Å²) in [7, 11) is 0. The molecule has 4 rings (SSSR count). The van der Waals surface area contributed by atoms with E-state index >= 15 is 0 Å². The zero-order valence-corrected chi connectivity index (χ0v) is 10.7. The summed E-state index contributed by atoms with van der Waals surface area (Å²) in [4.78, 5) is 6.24. The van der Waals surface area contributed by atoms with E-state index in [2.05, 4.69) is 19.8 Å². The van der Waals surface area contributed by atoms with Crippen LogP contribution in [0.5, 0.6) is 0 Å². The van der Waals surface area contributed by atoms with Gasteiger partial charge in [-0.3, -0.25) is 4.84 Å². The molecule has 0 atom stereocenters. The third kappa shape index (κ3) is 1.62. The van der Waals surface area contributed by atoms with E-state index in [0.717, 1.165) is 19.1 Å². The summed E-state index contributed by atoms with van der Waals surface area (Å²) < 4.78 is 5.22. The van der Waals surface area contributed by atoms with E-state index < -0.39 is 0 Å². The molecule has 3 aliphatic carbocycles. The largest absolute Gasteiger partial charge is 0.378 e. The fraction of sp³-hybridized carbons (Fsp3) is 0.857. The Morgan fingerprint density at radius 1 is 1.41 bits per heavy atom. The minimum Gasteiger partial charge on any atom is -0.378 e. The van der Waals surface area contributed by atoms with Gasteiger partial charge in [0.15, 0.2) is 0 Å². The molecule has 0 radical (unpaired) electrons. The van der Waals surface area contributed by atoms with Crippen LogP contribution in [-0.2, 0) is 9.57 Å². The van der Waals surface area contributed by atoms with Crippen molar-refractivity contribution in [1.82, 2.24) is 5.06 Å². The highest BCUT2D eigenvalue weighted by molar-refractivity contribution is 5.14. The number of rotatable bonds is 5. The van der Waals surface area contributed by atoms with Gasteiger partial charge in [-0.2, -0.15) is 5.06 Å². The van der Waals surface area contributed by atoms with Crippen molar-refractivity contribution in [2.75, 3.05) is 19.8 Å². The summed E-state index contributed by atoms with van der Waals surface area (Å²) in [6, 6.07) is 0.345. The van der Waals surface area contributed by atoms with Crippen LogP contribution in [0.15, 0.2) is 0 Å². The average molecular weight is 235 g/mol. The molecule has 0 spiro atoms. The summed E-state index contributed by atoms with van der Waals surface area (Å²) in [5, 5.41) is 1.96. The van der Waals surface area contributed by atoms with Gasteiger partial charge in [0.2, 0.25) is 0 Å². The minimum absolute atomic E-state index is 0.0891. The molecule has 94 valence electrons. The summed E-state index contributed by atoms with van der Waals surface area (Å²) in [6.07, 6.45) is 9.43. The second kappa shape index (κ2) is 3.71. The molecule has 0 aromatic heterocycles. The van der Waals surface area contributed by atoms with Crippen LogP contribution in [0.2, 0.25) is 0 Å². The lowest BCUT2D eigenvalue weighted by molar-refractivity contribution is -0.351. The van der Waals surface area contributed by atoms with Gasteiger partial charge in [-0.1, -0.05) is 5.92 Å². The van der Waals surface area contributed by atoms with Gasteiger partial charge in [0, 0.05) is 5.41 Å². The lowest BCUT2D eigenvalue weighted by atomic mass is 9.39. The number of ether oxygens (including phenoxy) is 1. The van der Waals surface area contributed by atoms with Crippen LogP contribution in [-0.4, -0.2) is 36.5 Å². The fourth-order valence-corrected chi connectivity index (χ4v) is 3.32. The van der Waals surface area contributed by atoms with E-state index in [-0.39, 0.29) is 5.60 Å². The Morgan fingerprint density at radius 2 is 2.06 bits per heavy atom. The molecule has 2 bridgehead atoms. The second-order valence-corrected chi connectivity index (χ2v) is 6.33. The van der Waals surface area contributed by atoms with Crippen molar-refractivity contribution in [3.63, 3.8) is 0 Å². The topological polar surface area (TPSA) is 21.7 Å². The number of terminal acetylenes is 1. The predicted octanol–water partition coefficient (Wildman–Crippen LogP) is 1.83. The third-order valence-corrected chi connectivity index (χ3v) is 4.94. The lowest BCUT2D eigenvalue weighted by Crippen LogP contribution is -2.66. The average Bonchev–Trinajstić information content (AvgIpc) is 1.91. The van der Waals surface area contributed by atoms with Gasteiger partial charge in [0.1, 0.15) is 0 Å². The Balaban J connectivity index is 1.64. The van der Waals surface area contributed by atoms with E-state index in [0.29, 0.717) is 18.0 Å². The van der Waals surface area contributed by atoms with Gasteiger partial charge in [0.25, 0.3) is 0 Å². The predicted molar refractivity (Wildman–Crippen MR) is 65.1 cm³/mol. The summed E-state index contributed by atoms with van der Waals surface area (Å²) in [5.74, 6) is 3.66. The molecule has 0 aromatic rings. The summed E-state index contributed by atoms with van der Waals surface area (Å²) in [5.41, 5.74) is 0.337. The Morgan fingerprint density at radius 3 is 2.41 bits per heavy atom. The molecule has 1 aliphatic heterocycles. The van der Waals surface area contributed by atoms with E-state index in [9.17, 15) is 0 Å². The Bertz CT molecular complexity index is 337. The first-order valence-corrected chi connectivity index (χ1v) is 6.53. The maximum atomic E-state index is 6.24. The van der Waals surface area contributed by atoms with Gasteiger partial charge in [0.05, 0.1) is 31.4 Å². The van der Waals surface area contributed by atoms with Crippen LogP contribution in [0.1, 0.15) is 33.1 Å². The normalized spacial score (nSPS) is 35.8. The molecule has 4 fully saturated rings. The Labute approximate surface area is 103 Å². The number of nitrogens with zero attached hydrogens (tertiary/aromatic N) is 1. The Kier molecular flexibility index (Phi) is 2.52. The monoisotopic (exact) mass is 235 g/mol. The van der Waals surface area contributed by atoms with Crippen LogP contribution < -0.4 is 0 Å². The standard InChI is InChI=1S/C14H21NO2/c1-4-5-15(12-9-16-10-12)17-13(2,3)14-6-11(7-14)8-14/h1,11-12H,5-10H2,2-3H3. The van der Waals surface area contributed by atoms with Crippen molar-refractivity contribution in [1.29, 1.82) is 0 Å². The smallest absolute Gasteiger partial charge is 0.0900 e. The molecular formula is C14H21NO2. The molecule has 3 saturated carbocycles. The molecule has 0 unspecified atom stereocenters. The van der Waals surface area contributed by atoms with Gasteiger partial charge >= 0.3 is 0 Å². The maximum absolute atomic E-state index is 6.24. The maximum Gasteiger partial charge on any atom is 0.0900 e. The van der Waals surface area contributed by atoms with Crippen molar-refractivity contribution in [3.05, 3.63) is 0 Å². The first kappa shape index (κ1) is 11.5. The molecule has 3 nitrogen and oxygen atoms in total. The van der Waals surface area contributed by atoms with Crippen LogP contribution in [0.25, 0.3) is 0 Å². The fourth-order valence-electron chi connectivity index (χ4n) is 3.32. The highest BCUT2D eigenvalue weighted by Crippen LogP contribution is 2.70. The molecule has 0 aromatic carbocycles. The molecular weight excluding hydrogens is 214 g/mol. The molecule has 3 heteroatoms. The first-order valence-electron chi connectivity index (χ1n) is 6.53. The van der Waals surface area contributed by atoms with Crippen LogP contribution >= 0.6 is 0 Å². The van der Waals surface area contributed by atoms with Gasteiger partial charge < -0.3 is 4.74 Å². The van der Waals surface area contributed by atoms with Gasteiger partial charge in [-0.25, -0.2) is 0 Å². The summed E-state index contributed by atoms with van der Waals surface area (Å²) in [6.45, 7) is 6.47. The van der Waals surface area contributed by atoms with E-state index in [1.54, 1.807) is 0 Å². The highest BCUT2D eigenvalue weighted by Gasteiger charge is 2.65. The first-order chi connectivity index (χ1) is 8.06. The molecule has 0 N–H and O–H groups in total. The zero-order valence-electron chi connectivity index (χ0n) is 10.7. The number of hydrogen-bond acceptors (Lipinski definition) is 3. The Hall–Kier alpha value is -0.560. The number of hydroxylamine groups is 2. The van der Waals surface area contributed by atoms with Crippen molar-refractivity contribution < 1.29 is 9.57 Å². The van der Waals surface area contributed by atoms with E-state index in [4.69, 9.17) is 16.0 Å². The van der Waals surface area contributed by atoms with Crippen molar-refractivity contribution >= 4 is 0 Å². The molecule has 1 heterocycles. The van der Waals surface area contributed by atoms with Crippen LogP contribution in [0.4, 0.5) is 0 Å².